The van der Waals surface area contributed by atoms with Gasteiger partial charge in [-0.25, -0.2) is 0 Å². The summed E-state index contributed by atoms with van der Waals surface area (Å²) >= 11 is 0. The van der Waals surface area contributed by atoms with Crippen molar-refractivity contribution in [1.82, 2.24) is 10.1 Å². The molecule has 1 unspecified atom stereocenters. The maximum Gasteiger partial charge on any atom is 0.253 e. The van der Waals surface area contributed by atoms with E-state index in [9.17, 15) is 4.79 Å². The highest BCUT2D eigenvalue weighted by Gasteiger charge is 2.26. The Hall–Kier alpha value is -2.30. The van der Waals surface area contributed by atoms with E-state index in [0.717, 1.165) is 36.4 Å². The molecule has 1 aliphatic carbocycles. The molecule has 22 heavy (non-hydrogen) atoms. The van der Waals surface area contributed by atoms with Crippen LogP contribution in [0.15, 0.2) is 28.8 Å². The smallest absolute Gasteiger partial charge is 0.253 e. The van der Waals surface area contributed by atoms with E-state index in [1.807, 2.05) is 19.2 Å². The number of nitrogens with zero attached hydrogens (tertiary/aromatic N) is 2. The second-order valence-electron chi connectivity index (χ2n) is 5.95. The molecule has 1 N–H and O–H groups in total. The molecule has 2 aromatic rings. The Labute approximate surface area is 130 Å². The first-order chi connectivity index (χ1) is 10.6. The van der Waals surface area contributed by atoms with E-state index >= 15 is 0 Å². The zero-order valence-corrected chi connectivity index (χ0v) is 13.2. The maximum atomic E-state index is 11.9. The number of amides is 1. The second kappa shape index (κ2) is 5.83. The van der Waals surface area contributed by atoms with Gasteiger partial charge < -0.3 is 14.7 Å². The molecule has 0 saturated heterocycles. The van der Waals surface area contributed by atoms with Gasteiger partial charge in [0.25, 0.3) is 5.91 Å². The lowest BCUT2D eigenvalue weighted by molar-refractivity contribution is 0.0827. The third kappa shape index (κ3) is 2.58. The van der Waals surface area contributed by atoms with E-state index < -0.39 is 0 Å². The molecule has 0 saturated carbocycles. The fourth-order valence-electron chi connectivity index (χ4n) is 3.05. The molecule has 0 radical (unpaired) electrons. The van der Waals surface area contributed by atoms with Crippen molar-refractivity contribution in [3.63, 3.8) is 0 Å². The number of anilines is 1. The van der Waals surface area contributed by atoms with Crippen LogP contribution in [-0.2, 0) is 12.8 Å². The molecular weight excluding hydrogens is 278 g/mol. The molecule has 1 atom stereocenters. The summed E-state index contributed by atoms with van der Waals surface area (Å²) in [6.07, 6.45) is 2.93. The van der Waals surface area contributed by atoms with E-state index in [0.29, 0.717) is 5.92 Å². The van der Waals surface area contributed by atoms with Crippen LogP contribution in [0.3, 0.4) is 0 Å². The molecule has 1 aromatic heterocycles. The van der Waals surface area contributed by atoms with Crippen LogP contribution in [0.1, 0.15) is 39.5 Å². The van der Waals surface area contributed by atoms with Crippen molar-refractivity contribution >= 4 is 11.8 Å². The summed E-state index contributed by atoms with van der Waals surface area (Å²) in [6, 6.07) is 7.95. The van der Waals surface area contributed by atoms with Crippen LogP contribution in [0, 0.1) is 0 Å². The first-order valence-corrected chi connectivity index (χ1v) is 7.57. The summed E-state index contributed by atoms with van der Waals surface area (Å²) < 4.78 is 5.32. The average Bonchev–Trinajstić information content (AvgIpc) is 2.96. The molecule has 3 rings (SSSR count). The monoisotopic (exact) mass is 299 g/mol. The molecular formula is C17H21N3O2. The van der Waals surface area contributed by atoms with Crippen LogP contribution >= 0.6 is 0 Å². The quantitative estimate of drug-likeness (QED) is 0.946. The summed E-state index contributed by atoms with van der Waals surface area (Å²) in [5, 5.41) is 7.22. The van der Waals surface area contributed by atoms with Gasteiger partial charge in [-0.15, -0.1) is 0 Å². The molecule has 1 aromatic carbocycles. The van der Waals surface area contributed by atoms with Crippen LogP contribution in [0.25, 0.3) is 0 Å². The highest BCUT2D eigenvalue weighted by Crippen LogP contribution is 2.35. The number of fused-ring (bicyclic) bond motifs is 1. The molecule has 5 nitrogen and oxygen atoms in total. The van der Waals surface area contributed by atoms with Gasteiger partial charge in [0, 0.05) is 38.7 Å². The van der Waals surface area contributed by atoms with E-state index in [4.69, 9.17) is 4.52 Å². The predicted molar refractivity (Wildman–Crippen MR) is 85.3 cm³/mol. The lowest BCUT2D eigenvalue weighted by atomic mass is 9.83. The molecule has 0 bridgehead atoms. The van der Waals surface area contributed by atoms with Crippen molar-refractivity contribution < 1.29 is 9.32 Å². The fourth-order valence-corrected chi connectivity index (χ4v) is 3.05. The third-order valence-corrected chi connectivity index (χ3v) is 4.31. The number of rotatable bonds is 3. The third-order valence-electron chi connectivity index (χ3n) is 4.31. The van der Waals surface area contributed by atoms with Crippen LogP contribution in [0.5, 0.6) is 0 Å². The molecule has 1 heterocycles. The minimum Gasteiger partial charge on any atom is -0.357 e. The Morgan fingerprint density at radius 3 is 2.68 bits per heavy atom. The van der Waals surface area contributed by atoms with E-state index in [2.05, 4.69) is 22.6 Å². The Balaban J connectivity index is 1.77. The Morgan fingerprint density at radius 2 is 2.05 bits per heavy atom. The van der Waals surface area contributed by atoms with Gasteiger partial charge >= 0.3 is 0 Å². The van der Waals surface area contributed by atoms with Gasteiger partial charge in [0.1, 0.15) is 0 Å². The van der Waals surface area contributed by atoms with Gasteiger partial charge in [-0.3, -0.25) is 4.79 Å². The topological polar surface area (TPSA) is 58.4 Å². The molecule has 116 valence electrons. The van der Waals surface area contributed by atoms with Gasteiger partial charge in [0.2, 0.25) is 5.88 Å². The molecule has 1 amide bonds. The van der Waals surface area contributed by atoms with E-state index in [-0.39, 0.29) is 5.91 Å². The number of nitrogens with one attached hydrogen (secondary N) is 1. The van der Waals surface area contributed by atoms with Crippen molar-refractivity contribution in [3.8, 4) is 0 Å². The normalized spacial score (nSPS) is 17.0. The SMILES string of the molecule is CNc1onc2c1CCC(c1ccc(C(=O)N(C)C)cc1)C2. The zero-order chi connectivity index (χ0) is 15.7. The van der Waals surface area contributed by atoms with Gasteiger partial charge in [-0.2, -0.15) is 0 Å². The molecule has 5 heteroatoms. The largest absolute Gasteiger partial charge is 0.357 e. The lowest BCUT2D eigenvalue weighted by Crippen LogP contribution is -2.21. The second-order valence-corrected chi connectivity index (χ2v) is 5.95. The minimum absolute atomic E-state index is 0.0349. The number of hydrogen-bond donors (Lipinski definition) is 1. The Bertz CT molecular complexity index is 674. The first kappa shape index (κ1) is 14.6. The average molecular weight is 299 g/mol. The van der Waals surface area contributed by atoms with Gasteiger partial charge in [0.15, 0.2) is 0 Å². The number of carbonyl (C=O) groups excluding carboxylic acids is 1. The zero-order valence-electron chi connectivity index (χ0n) is 13.2. The summed E-state index contributed by atoms with van der Waals surface area (Å²) in [4.78, 5) is 13.5. The van der Waals surface area contributed by atoms with Crippen LogP contribution in [-0.4, -0.2) is 37.1 Å². The van der Waals surface area contributed by atoms with E-state index in [1.54, 1.807) is 19.0 Å². The summed E-state index contributed by atoms with van der Waals surface area (Å²) in [5.41, 5.74) is 4.24. The minimum atomic E-state index is 0.0349. The van der Waals surface area contributed by atoms with Crippen molar-refractivity contribution in [3.05, 3.63) is 46.6 Å². The molecule has 0 spiro atoms. The number of carbonyl (C=O) groups is 1. The first-order valence-electron chi connectivity index (χ1n) is 7.57. The highest BCUT2D eigenvalue weighted by atomic mass is 16.5. The molecule has 0 fully saturated rings. The van der Waals surface area contributed by atoms with Crippen molar-refractivity contribution in [1.29, 1.82) is 0 Å². The number of aromatic nitrogens is 1. The van der Waals surface area contributed by atoms with Crippen molar-refractivity contribution in [2.45, 2.75) is 25.2 Å². The Kier molecular flexibility index (Phi) is 3.88. The van der Waals surface area contributed by atoms with Crippen molar-refractivity contribution in [2.24, 2.45) is 0 Å². The molecule has 0 aliphatic heterocycles. The van der Waals surface area contributed by atoms with Gasteiger partial charge in [-0.1, -0.05) is 17.3 Å². The number of benzene rings is 1. The maximum absolute atomic E-state index is 11.9. The van der Waals surface area contributed by atoms with Gasteiger partial charge in [-0.05, 0) is 36.5 Å². The van der Waals surface area contributed by atoms with Crippen LogP contribution in [0.2, 0.25) is 0 Å². The molecule has 1 aliphatic rings. The van der Waals surface area contributed by atoms with E-state index in [1.165, 1.54) is 11.1 Å². The fraction of sp³-hybridized carbons (Fsp3) is 0.412. The standard InChI is InChI=1S/C17H21N3O2/c1-18-16-14-9-8-13(10-15(14)19-22-16)11-4-6-12(7-5-11)17(21)20(2)3/h4-7,13,18H,8-10H2,1-3H3. The van der Waals surface area contributed by atoms with Crippen LogP contribution < -0.4 is 5.32 Å². The summed E-state index contributed by atoms with van der Waals surface area (Å²) in [7, 11) is 5.39. The summed E-state index contributed by atoms with van der Waals surface area (Å²) in [5.74, 6) is 1.26. The Morgan fingerprint density at radius 1 is 1.32 bits per heavy atom. The lowest BCUT2D eigenvalue weighted by Gasteiger charge is -2.21. The summed E-state index contributed by atoms with van der Waals surface area (Å²) in [6.45, 7) is 0. The van der Waals surface area contributed by atoms with Crippen LogP contribution in [0.4, 0.5) is 5.88 Å². The number of hydrogen-bond acceptors (Lipinski definition) is 4. The predicted octanol–water partition coefficient (Wildman–Crippen LogP) is 2.69. The van der Waals surface area contributed by atoms with Gasteiger partial charge in [0.05, 0.1) is 5.69 Å². The highest BCUT2D eigenvalue weighted by molar-refractivity contribution is 5.93. The van der Waals surface area contributed by atoms with Crippen molar-refractivity contribution in [2.75, 3.05) is 26.5 Å².